The summed E-state index contributed by atoms with van der Waals surface area (Å²) in [6.07, 6.45) is 3.63. The molecule has 0 aliphatic rings. The normalized spacial score (nSPS) is 11.2. The van der Waals surface area contributed by atoms with Gasteiger partial charge >= 0.3 is 0 Å². The van der Waals surface area contributed by atoms with Gasteiger partial charge in [0.2, 0.25) is 0 Å². The summed E-state index contributed by atoms with van der Waals surface area (Å²) in [7, 11) is 1.93. The molecular weight excluding hydrogens is 261 g/mol. The average Bonchev–Trinajstić information content (AvgIpc) is 2.74. The Morgan fingerprint density at radius 3 is 2.84 bits per heavy atom. The van der Waals surface area contributed by atoms with Crippen LogP contribution in [0.1, 0.15) is 19.4 Å². The molecule has 19 heavy (non-hydrogen) atoms. The SMILES string of the molecule is CC(C)NCc1c(F)cccc1Sc1nccn1C. The lowest BCUT2D eigenvalue weighted by Gasteiger charge is -2.13. The Hall–Kier alpha value is -1.33. The molecular formula is C14H18FN3S. The van der Waals surface area contributed by atoms with Crippen molar-refractivity contribution in [3.63, 3.8) is 0 Å². The van der Waals surface area contributed by atoms with Crippen LogP contribution in [0.3, 0.4) is 0 Å². The predicted molar refractivity (Wildman–Crippen MR) is 75.7 cm³/mol. The van der Waals surface area contributed by atoms with Crippen molar-refractivity contribution in [2.45, 2.75) is 36.5 Å². The fourth-order valence-corrected chi connectivity index (χ4v) is 2.62. The summed E-state index contributed by atoms with van der Waals surface area (Å²) in [5.41, 5.74) is 0.698. The molecule has 1 N–H and O–H groups in total. The second-order valence-corrected chi connectivity index (χ2v) is 5.68. The zero-order chi connectivity index (χ0) is 13.8. The van der Waals surface area contributed by atoms with Crippen LogP contribution in [0.2, 0.25) is 0 Å². The molecule has 0 bridgehead atoms. The van der Waals surface area contributed by atoms with Gasteiger partial charge < -0.3 is 9.88 Å². The van der Waals surface area contributed by atoms with Gasteiger partial charge in [0.05, 0.1) is 0 Å². The molecule has 0 radical (unpaired) electrons. The van der Waals surface area contributed by atoms with Crippen molar-refractivity contribution in [3.8, 4) is 0 Å². The number of rotatable bonds is 5. The van der Waals surface area contributed by atoms with Crippen molar-refractivity contribution in [3.05, 3.63) is 42.0 Å². The minimum absolute atomic E-state index is 0.174. The fourth-order valence-electron chi connectivity index (χ4n) is 1.66. The molecule has 0 unspecified atom stereocenters. The van der Waals surface area contributed by atoms with Gasteiger partial charge in [0.25, 0.3) is 0 Å². The summed E-state index contributed by atoms with van der Waals surface area (Å²) in [5, 5.41) is 4.11. The van der Waals surface area contributed by atoms with E-state index in [0.29, 0.717) is 18.2 Å². The third-order valence-electron chi connectivity index (χ3n) is 2.74. The van der Waals surface area contributed by atoms with E-state index < -0.39 is 0 Å². The van der Waals surface area contributed by atoms with Crippen molar-refractivity contribution < 1.29 is 4.39 Å². The van der Waals surface area contributed by atoms with Crippen LogP contribution in [-0.4, -0.2) is 15.6 Å². The van der Waals surface area contributed by atoms with Crippen molar-refractivity contribution >= 4 is 11.8 Å². The van der Waals surface area contributed by atoms with E-state index in [-0.39, 0.29) is 5.82 Å². The monoisotopic (exact) mass is 279 g/mol. The van der Waals surface area contributed by atoms with Crippen molar-refractivity contribution in [1.82, 2.24) is 14.9 Å². The van der Waals surface area contributed by atoms with Crippen LogP contribution in [0, 0.1) is 5.82 Å². The third-order valence-corrected chi connectivity index (χ3v) is 3.92. The Labute approximate surface area is 117 Å². The van der Waals surface area contributed by atoms with Gasteiger partial charge in [-0.3, -0.25) is 0 Å². The van der Waals surface area contributed by atoms with E-state index in [2.05, 4.69) is 10.3 Å². The third kappa shape index (κ3) is 3.58. The lowest BCUT2D eigenvalue weighted by Crippen LogP contribution is -2.22. The van der Waals surface area contributed by atoms with Crippen molar-refractivity contribution in [1.29, 1.82) is 0 Å². The summed E-state index contributed by atoms with van der Waals surface area (Å²) in [5.74, 6) is -0.174. The highest BCUT2D eigenvalue weighted by Crippen LogP contribution is 2.30. The number of benzene rings is 1. The number of aromatic nitrogens is 2. The van der Waals surface area contributed by atoms with Gasteiger partial charge in [-0.25, -0.2) is 9.37 Å². The van der Waals surface area contributed by atoms with Crippen molar-refractivity contribution in [2.24, 2.45) is 7.05 Å². The van der Waals surface area contributed by atoms with E-state index in [9.17, 15) is 4.39 Å². The maximum absolute atomic E-state index is 13.9. The molecule has 0 amide bonds. The maximum atomic E-state index is 13.9. The molecule has 0 saturated heterocycles. The molecule has 0 aliphatic carbocycles. The molecule has 1 aromatic carbocycles. The van der Waals surface area contributed by atoms with Crippen LogP contribution in [0.25, 0.3) is 0 Å². The molecule has 102 valence electrons. The second kappa shape index (κ2) is 6.21. The highest BCUT2D eigenvalue weighted by Gasteiger charge is 2.12. The highest BCUT2D eigenvalue weighted by molar-refractivity contribution is 7.99. The molecule has 0 spiro atoms. The van der Waals surface area contributed by atoms with Gasteiger partial charge in [-0.1, -0.05) is 31.7 Å². The molecule has 5 heteroatoms. The first kappa shape index (κ1) is 14.1. The molecule has 1 heterocycles. The summed E-state index contributed by atoms with van der Waals surface area (Å²) in [6.45, 7) is 4.62. The maximum Gasteiger partial charge on any atom is 0.172 e. The molecule has 0 aliphatic heterocycles. The van der Waals surface area contributed by atoms with Gasteiger partial charge in [-0.2, -0.15) is 0 Å². The van der Waals surface area contributed by atoms with Gasteiger partial charge in [-0.05, 0) is 12.1 Å². The van der Waals surface area contributed by atoms with E-state index in [1.54, 1.807) is 12.3 Å². The lowest BCUT2D eigenvalue weighted by molar-refractivity contribution is 0.546. The number of nitrogens with one attached hydrogen (secondary N) is 1. The van der Waals surface area contributed by atoms with Crippen molar-refractivity contribution in [2.75, 3.05) is 0 Å². The van der Waals surface area contributed by atoms with Crippen LogP contribution >= 0.6 is 11.8 Å². The van der Waals surface area contributed by atoms with E-state index in [0.717, 1.165) is 10.1 Å². The summed E-state index contributed by atoms with van der Waals surface area (Å²) in [6, 6.07) is 5.49. The molecule has 2 aromatic rings. The highest BCUT2D eigenvalue weighted by atomic mass is 32.2. The van der Waals surface area contributed by atoms with Gasteiger partial charge in [0, 0.05) is 42.5 Å². The average molecular weight is 279 g/mol. The second-order valence-electron chi connectivity index (χ2n) is 4.67. The van der Waals surface area contributed by atoms with E-state index >= 15 is 0 Å². The lowest BCUT2D eigenvalue weighted by atomic mass is 10.2. The quantitative estimate of drug-likeness (QED) is 0.911. The Balaban J connectivity index is 2.24. The molecule has 0 atom stereocenters. The van der Waals surface area contributed by atoms with Gasteiger partial charge in [0.1, 0.15) is 5.82 Å². The molecule has 2 rings (SSSR count). The van der Waals surface area contributed by atoms with Crippen LogP contribution < -0.4 is 5.32 Å². The predicted octanol–water partition coefficient (Wildman–Crippen LogP) is 3.21. The number of aryl methyl sites for hydroxylation is 1. The van der Waals surface area contributed by atoms with E-state index in [1.165, 1.54) is 17.8 Å². The minimum atomic E-state index is -0.174. The molecule has 0 fully saturated rings. The Morgan fingerprint density at radius 1 is 1.42 bits per heavy atom. The largest absolute Gasteiger partial charge is 0.329 e. The van der Waals surface area contributed by atoms with Crippen LogP contribution in [0.15, 0.2) is 40.6 Å². The molecule has 1 aromatic heterocycles. The number of imidazole rings is 1. The summed E-state index contributed by atoms with van der Waals surface area (Å²) in [4.78, 5) is 5.17. The zero-order valence-electron chi connectivity index (χ0n) is 11.4. The van der Waals surface area contributed by atoms with E-state index in [1.807, 2.05) is 37.7 Å². The Kier molecular flexibility index (Phi) is 4.61. The van der Waals surface area contributed by atoms with Crippen LogP contribution in [0.4, 0.5) is 4.39 Å². The smallest absolute Gasteiger partial charge is 0.172 e. The number of hydrogen-bond acceptors (Lipinski definition) is 3. The van der Waals surface area contributed by atoms with Crippen LogP contribution in [0.5, 0.6) is 0 Å². The molecule has 3 nitrogen and oxygen atoms in total. The topological polar surface area (TPSA) is 29.9 Å². The molecule has 0 saturated carbocycles. The number of hydrogen-bond donors (Lipinski definition) is 1. The standard InChI is InChI=1S/C14H18FN3S/c1-10(2)17-9-11-12(15)5-4-6-13(11)19-14-16-7-8-18(14)3/h4-8,10,17H,9H2,1-3H3. The summed E-state index contributed by atoms with van der Waals surface area (Å²) >= 11 is 1.49. The first-order valence-corrected chi connectivity index (χ1v) is 7.05. The Morgan fingerprint density at radius 2 is 2.21 bits per heavy atom. The zero-order valence-corrected chi connectivity index (χ0v) is 12.2. The Bertz CT molecular complexity index is 551. The first-order chi connectivity index (χ1) is 9.08. The number of nitrogens with zero attached hydrogens (tertiary/aromatic N) is 2. The van der Waals surface area contributed by atoms with Gasteiger partial charge in [-0.15, -0.1) is 0 Å². The number of halogens is 1. The van der Waals surface area contributed by atoms with Crippen LogP contribution in [-0.2, 0) is 13.6 Å². The summed E-state index contributed by atoms with van der Waals surface area (Å²) < 4.78 is 15.9. The fraction of sp³-hybridized carbons (Fsp3) is 0.357. The first-order valence-electron chi connectivity index (χ1n) is 6.24. The van der Waals surface area contributed by atoms with Gasteiger partial charge in [0.15, 0.2) is 5.16 Å². The minimum Gasteiger partial charge on any atom is -0.329 e. The van der Waals surface area contributed by atoms with E-state index in [4.69, 9.17) is 0 Å².